The number of benzene rings is 1. The lowest BCUT2D eigenvalue weighted by molar-refractivity contribution is -0.131. The quantitative estimate of drug-likeness (QED) is 0.696. The van der Waals surface area contributed by atoms with Crippen molar-refractivity contribution in [2.75, 3.05) is 33.6 Å². The first-order valence-electron chi connectivity index (χ1n) is 9.12. The fraction of sp³-hybridized carbons (Fsp3) is 0.500. The van der Waals surface area contributed by atoms with Crippen LogP contribution in [-0.2, 0) is 11.2 Å². The van der Waals surface area contributed by atoms with E-state index in [1.54, 1.807) is 39.2 Å². The third kappa shape index (κ3) is 3.92. The molecule has 152 valence electrons. The Hall–Kier alpha value is -2.35. The zero-order valence-corrected chi connectivity index (χ0v) is 17.7. The van der Waals surface area contributed by atoms with Gasteiger partial charge in [-0.25, -0.2) is 0 Å². The van der Waals surface area contributed by atoms with Crippen LogP contribution in [0.4, 0.5) is 0 Å². The molecule has 7 nitrogen and oxygen atoms in total. The van der Waals surface area contributed by atoms with Crippen molar-refractivity contribution in [2.45, 2.75) is 32.1 Å². The average molecular weight is 407 g/mol. The Morgan fingerprint density at radius 1 is 1.18 bits per heavy atom. The average Bonchev–Trinajstić information content (AvgIpc) is 3.32. The minimum Gasteiger partial charge on any atom is -0.496 e. The number of hydrogen-bond donors (Lipinski definition) is 0. The molecule has 0 radical (unpaired) electrons. The van der Waals surface area contributed by atoms with E-state index in [1.807, 2.05) is 24.8 Å². The molecule has 1 amide bonds. The lowest BCUT2D eigenvalue weighted by Gasteiger charge is -2.26. The van der Waals surface area contributed by atoms with Gasteiger partial charge in [-0.2, -0.15) is 0 Å². The number of carbonyl (C=O) groups excluding carboxylic acids is 1. The van der Waals surface area contributed by atoms with Crippen LogP contribution in [0.1, 0.15) is 34.4 Å². The highest BCUT2D eigenvalue weighted by Crippen LogP contribution is 2.46. The van der Waals surface area contributed by atoms with E-state index in [2.05, 4.69) is 5.16 Å². The minimum atomic E-state index is -0.119. The van der Waals surface area contributed by atoms with Gasteiger partial charge >= 0.3 is 0 Å². The third-order valence-corrected chi connectivity index (χ3v) is 6.23. The van der Waals surface area contributed by atoms with Crippen LogP contribution in [0.15, 0.2) is 16.7 Å². The lowest BCUT2D eigenvalue weighted by Crippen LogP contribution is -2.30. The SMILES string of the molecule is COc1cc(OC)c(C2SCCN2C(=O)CCc2c(C)noc2C)cc1OC. The van der Waals surface area contributed by atoms with Crippen molar-refractivity contribution in [3.63, 3.8) is 0 Å². The van der Waals surface area contributed by atoms with Crippen LogP contribution in [0.2, 0.25) is 0 Å². The van der Waals surface area contributed by atoms with Gasteiger partial charge in [0.15, 0.2) is 11.5 Å². The molecule has 1 fully saturated rings. The summed E-state index contributed by atoms with van der Waals surface area (Å²) in [6.45, 7) is 4.48. The number of nitrogens with zero attached hydrogens (tertiary/aromatic N) is 2. The molecule has 1 aliphatic rings. The van der Waals surface area contributed by atoms with Gasteiger partial charge in [-0.1, -0.05) is 5.16 Å². The van der Waals surface area contributed by atoms with Crippen molar-refractivity contribution in [2.24, 2.45) is 0 Å². The Bertz CT molecular complexity index is 832. The smallest absolute Gasteiger partial charge is 0.224 e. The predicted molar refractivity (Wildman–Crippen MR) is 107 cm³/mol. The van der Waals surface area contributed by atoms with Gasteiger partial charge in [-0.05, 0) is 26.3 Å². The highest BCUT2D eigenvalue weighted by atomic mass is 32.2. The summed E-state index contributed by atoms with van der Waals surface area (Å²) in [6, 6.07) is 3.70. The Morgan fingerprint density at radius 3 is 2.46 bits per heavy atom. The number of amides is 1. The fourth-order valence-electron chi connectivity index (χ4n) is 3.46. The second-order valence-corrected chi connectivity index (χ2v) is 7.75. The van der Waals surface area contributed by atoms with Crippen molar-refractivity contribution < 1.29 is 23.5 Å². The van der Waals surface area contributed by atoms with Crippen LogP contribution >= 0.6 is 11.8 Å². The summed E-state index contributed by atoms with van der Waals surface area (Å²) in [4.78, 5) is 14.9. The van der Waals surface area contributed by atoms with Gasteiger partial charge in [0.05, 0.1) is 27.0 Å². The van der Waals surface area contributed by atoms with Crippen LogP contribution in [0, 0.1) is 13.8 Å². The van der Waals surface area contributed by atoms with E-state index in [-0.39, 0.29) is 11.3 Å². The van der Waals surface area contributed by atoms with E-state index >= 15 is 0 Å². The predicted octanol–water partition coefficient (Wildman–Crippen LogP) is 3.52. The van der Waals surface area contributed by atoms with Crippen molar-refractivity contribution in [3.05, 3.63) is 34.7 Å². The molecule has 1 unspecified atom stereocenters. The van der Waals surface area contributed by atoms with E-state index in [9.17, 15) is 4.79 Å². The van der Waals surface area contributed by atoms with Gasteiger partial charge < -0.3 is 23.6 Å². The molecule has 1 aliphatic heterocycles. The second kappa shape index (κ2) is 8.77. The van der Waals surface area contributed by atoms with Crippen molar-refractivity contribution >= 4 is 17.7 Å². The summed E-state index contributed by atoms with van der Waals surface area (Å²) in [5, 5.41) is 3.85. The maximum absolute atomic E-state index is 13.0. The molecule has 0 saturated carbocycles. The molecule has 1 aromatic carbocycles. The van der Waals surface area contributed by atoms with Gasteiger partial charge in [-0.3, -0.25) is 4.79 Å². The number of aryl methyl sites for hydroxylation is 2. The molecule has 0 N–H and O–H groups in total. The monoisotopic (exact) mass is 406 g/mol. The highest BCUT2D eigenvalue weighted by Gasteiger charge is 2.33. The van der Waals surface area contributed by atoms with E-state index in [4.69, 9.17) is 18.7 Å². The van der Waals surface area contributed by atoms with Crippen molar-refractivity contribution in [1.82, 2.24) is 10.1 Å². The summed E-state index contributed by atoms with van der Waals surface area (Å²) >= 11 is 1.72. The molecule has 1 saturated heterocycles. The van der Waals surface area contributed by atoms with E-state index in [0.29, 0.717) is 36.6 Å². The summed E-state index contributed by atoms with van der Waals surface area (Å²) in [5.74, 6) is 3.65. The second-order valence-electron chi connectivity index (χ2n) is 6.56. The highest BCUT2D eigenvalue weighted by molar-refractivity contribution is 7.99. The molecule has 2 aromatic rings. The van der Waals surface area contributed by atoms with E-state index < -0.39 is 0 Å². The number of thioether (sulfide) groups is 1. The minimum absolute atomic E-state index is 0.104. The molecular formula is C20H26N2O5S. The normalized spacial score (nSPS) is 16.3. The van der Waals surface area contributed by atoms with Gasteiger partial charge in [0.25, 0.3) is 0 Å². The molecule has 28 heavy (non-hydrogen) atoms. The van der Waals surface area contributed by atoms with Crippen LogP contribution in [0.5, 0.6) is 17.2 Å². The Balaban J connectivity index is 1.81. The van der Waals surface area contributed by atoms with Gasteiger partial charge in [0, 0.05) is 35.9 Å². The number of methoxy groups -OCH3 is 3. The number of hydrogen-bond acceptors (Lipinski definition) is 7. The summed E-state index contributed by atoms with van der Waals surface area (Å²) in [7, 11) is 4.81. The fourth-order valence-corrected chi connectivity index (χ4v) is 4.76. The standard InChI is InChI=1S/C20H26N2O5S/c1-12-14(13(2)27-21-12)6-7-19(23)22-8-9-28-20(22)15-10-17(25-4)18(26-5)11-16(15)24-3/h10-11,20H,6-9H2,1-5H3. The van der Waals surface area contributed by atoms with Gasteiger partial charge in [0.2, 0.25) is 5.91 Å². The molecule has 1 atom stereocenters. The van der Waals surface area contributed by atoms with E-state index in [1.165, 1.54) is 0 Å². The summed E-state index contributed by atoms with van der Waals surface area (Å²) in [5.41, 5.74) is 2.77. The summed E-state index contributed by atoms with van der Waals surface area (Å²) in [6.07, 6.45) is 1.03. The van der Waals surface area contributed by atoms with Crippen molar-refractivity contribution in [3.8, 4) is 17.2 Å². The zero-order chi connectivity index (χ0) is 20.3. The van der Waals surface area contributed by atoms with E-state index in [0.717, 1.165) is 28.3 Å². The van der Waals surface area contributed by atoms with Crippen LogP contribution in [-0.4, -0.2) is 49.6 Å². The molecule has 2 heterocycles. The molecule has 3 rings (SSSR count). The molecule has 0 aliphatic carbocycles. The first-order chi connectivity index (χ1) is 13.5. The van der Waals surface area contributed by atoms with Crippen LogP contribution in [0.3, 0.4) is 0 Å². The number of carbonyl (C=O) groups is 1. The molecule has 0 spiro atoms. The largest absolute Gasteiger partial charge is 0.496 e. The Morgan fingerprint density at radius 2 is 1.86 bits per heavy atom. The van der Waals surface area contributed by atoms with Gasteiger partial charge in [0.1, 0.15) is 16.9 Å². The van der Waals surface area contributed by atoms with Crippen LogP contribution < -0.4 is 14.2 Å². The molecule has 8 heteroatoms. The summed E-state index contributed by atoms with van der Waals surface area (Å²) < 4.78 is 21.6. The molecule has 0 bridgehead atoms. The lowest BCUT2D eigenvalue weighted by atomic mass is 10.1. The maximum Gasteiger partial charge on any atom is 0.224 e. The van der Waals surface area contributed by atoms with Crippen LogP contribution in [0.25, 0.3) is 0 Å². The number of ether oxygens (including phenoxy) is 3. The van der Waals surface area contributed by atoms with Crippen molar-refractivity contribution in [1.29, 1.82) is 0 Å². The van der Waals surface area contributed by atoms with Gasteiger partial charge in [-0.15, -0.1) is 11.8 Å². The Labute approximate surface area is 169 Å². The molecular weight excluding hydrogens is 380 g/mol. The Kier molecular flexibility index (Phi) is 6.39. The number of aromatic nitrogens is 1. The zero-order valence-electron chi connectivity index (χ0n) is 16.9. The maximum atomic E-state index is 13.0. The topological polar surface area (TPSA) is 74.0 Å². The third-order valence-electron chi connectivity index (χ3n) is 4.98. The number of rotatable bonds is 7. The first-order valence-corrected chi connectivity index (χ1v) is 10.2. The first kappa shape index (κ1) is 20.4. The molecule has 1 aromatic heterocycles.